The first-order valence-electron chi connectivity index (χ1n) is 8.66. The van der Waals surface area contributed by atoms with Crippen LogP contribution in [-0.4, -0.2) is 32.6 Å². The van der Waals surface area contributed by atoms with Crippen molar-refractivity contribution in [2.45, 2.75) is 19.8 Å². The summed E-state index contributed by atoms with van der Waals surface area (Å²) < 4.78 is 1.95. The Labute approximate surface area is 170 Å². The first-order chi connectivity index (χ1) is 12.9. The van der Waals surface area contributed by atoms with Gasteiger partial charge in [0, 0.05) is 18.8 Å². The van der Waals surface area contributed by atoms with E-state index in [1.54, 1.807) is 29.1 Å². The summed E-state index contributed by atoms with van der Waals surface area (Å²) in [6, 6.07) is 5.12. The maximum Gasteiger partial charge on any atom is 0.264 e. The number of hydrogen-bond acceptors (Lipinski definition) is 5. The molecule has 27 heavy (non-hydrogen) atoms. The third-order valence-corrected chi connectivity index (χ3v) is 6.02. The summed E-state index contributed by atoms with van der Waals surface area (Å²) in [5.74, 6) is 1.24. The van der Waals surface area contributed by atoms with Crippen LogP contribution in [0.1, 0.15) is 19.8 Å². The van der Waals surface area contributed by atoms with Crippen LogP contribution >= 0.6 is 35.4 Å². The van der Waals surface area contributed by atoms with Gasteiger partial charge in [-0.2, -0.15) is 4.98 Å². The quantitative estimate of drug-likeness (QED) is 0.621. The van der Waals surface area contributed by atoms with E-state index in [-0.39, 0.29) is 10.9 Å². The van der Waals surface area contributed by atoms with Crippen LogP contribution in [0, 0.1) is 10.6 Å². The zero-order valence-electron chi connectivity index (χ0n) is 14.6. The number of rotatable bonds is 2. The van der Waals surface area contributed by atoms with Gasteiger partial charge in [-0.3, -0.25) is 14.3 Å². The lowest BCUT2D eigenvalue weighted by Gasteiger charge is -2.30. The summed E-state index contributed by atoms with van der Waals surface area (Å²) in [6.07, 6.45) is 3.71. The summed E-state index contributed by atoms with van der Waals surface area (Å²) in [5, 5.41) is 1.13. The van der Waals surface area contributed by atoms with Crippen LogP contribution in [0.15, 0.2) is 29.3 Å². The van der Waals surface area contributed by atoms with Gasteiger partial charge in [0.1, 0.15) is 16.4 Å². The highest BCUT2D eigenvalue weighted by molar-refractivity contribution is 7.71. The Bertz CT molecular complexity index is 1130. The molecule has 1 aliphatic heterocycles. The van der Waals surface area contributed by atoms with E-state index < -0.39 is 0 Å². The Morgan fingerprint density at radius 3 is 2.67 bits per heavy atom. The highest BCUT2D eigenvalue weighted by Gasteiger charge is 2.19. The number of aromatic nitrogens is 4. The van der Waals surface area contributed by atoms with E-state index in [0.29, 0.717) is 37.9 Å². The van der Waals surface area contributed by atoms with E-state index >= 15 is 0 Å². The molecular weight excluding hydrogens is 405 g/mol. The molecule has 2 aromatic heterocycles. The van der Waals surface area contributed by atoms with Crippen molar-refractivity contribution in [1.82, 2.24) is 19.5 Å². The molecule has 9 heteroatoms. The van der Waals surface area contributed by atoms with Gasteiger partial charge in [0.15, 0.2) is 5.65 Å². The van der Waals surface area contributed by atoms with Gasteiger partial charge in [0.2, 0.25) is 5.95 Å². The molecular formula is C18H17Cl2N5OS. The van der Waals surface area contributed by atoms with Crippen molar-refractivity contribution in [3.63, 3.8) is 0 Å². The Hall–Kier alpha value is -1.96. The van der Waals surface area contributed by atoms with Gasteiger partial charge in [-0.05, 0) is 37.0 Å². The largest absolute Gasteiger partial charge is 0.342 e. The molecule has 4 rings (SSSR count). The van der Waals surface area contributed by atoms with E-state index in [1.165, 1.54) is 0 Å². The summed E-state index contributed by atoms with van der Waals surface area (Å²) in [4.78, 5) is 26.6. The molecule has 0 bridgehead atoms. The van der Waals surface area contributed by atoms with E-state index in [9.17, 15) is 4.79 Å². The van der Waals surface area contributed by atoms with Gasteiger partial charge >= 0.3 is 0 Å². The highest BCUT2D eigenvalue weighted by atomic mass is 35.5. The molecule has 0 unspecified atom stereocenters. The highest BCUT2D eigenvalue weighted by Crippen LogP contribution is 2.25. The Morgan fingerprint density at radius 2 is 1.96 bits per heavy atom. The first kappa shape index (κ1) is 18.4. The Balaban J connectivity index is 1.81. The van der Waals surface area contributed by atoms with Crippen molar-refractivity contribution >= 4 is 52.4 Å². The van der Waals surface area contributed by atoms with Gasteiger partial charge in [0.05, 0.1) is 10.0 Å². The van der Waals surface area contributed by atoms with Crippen molar-refractivity contribution in [2.24, 2.45) is 5.92 Å². The van der Waals surface area contributed by atoms with Crippen LogP contribution in [0.25, 0.3) is 16.7 Å². The average molecular weight is 422 g/mol. The zero-order valence-corrected chi connectivity index (χ0v) is 16.9. The number of hydrogen-bond donors (Lipinski definition) is 1. The molecule has 0 radical (unpaired) electrons. The van der Waals surface area contributed by atoms with Crippen molar-refractivity contribution < 1.29 is 0 Å². The summed E-state index contributed by atoms with van der Waals surface area (Å²) in [7, 11) is 0. The monoisotopic (exact) mass is 421 g/mol. The summed E-state index contributed by atoms with van der Waals surface area (Å²) in [6.45, 7) is 3.97. The molecule has 1 fully saturated rings. The molecule has 0 atom stereocenters. The van der Waals surface area contributed by atoms with Crippen molar-refractivity contribution in [1.29, 1.82) is 0 Å². The van der Waals surface area contributed by atoms with Gasteiger partial charge in [-0.1, -0.05) is 42.3 Å². The predicted molar refractivity (Wildman–Crippen MR) is 111 cm³/mol. The number of nitrogens with one attached hydrogen (secondary N) is 1. The molecule has 140 valence electrons. The van der Waals surface area contributed by atoms with Crippen LogP contribution in [0.4, 0.5) is 5.95 Å². The van der Waals surface area contributed by atoms with Crippen LogP contribution in [0.3, 0.4) is 0 Å². The second-order valence-corrected chi connectivity index (χ2v) is 7.98. The number of halogens is 2. The van der Waals surface area contributed by atoms with Gasteiger partial charge in [-0.25, -0.2) is 4.98 Å². The number of piperidine rings is 1. The zero-order chi connectivity index (χ0) is 19.1. The minimum Gasteiger partial charge on any atom is -0.342 e. The molecule has 0 aliphatic carbocycles. The number of anilines is 1. The van der Waals surface area contributed by atoms with Gasteiger partial charge in [-0.15, -0.1) is 0 Å². The average Bonchev–Trinajstić information content (AvgIpc) is 2.64. The molecule has 1 saturated heterocycles. The fourth-order valence-corrected chi connectivity index (χ4v) is 3.84. The van der Waals surface area contributed by atoms with Crippen LogP contribution in [0.2, 0.25) is 10.0 Å². The minimum atomic E-state index is -0.291. The number of benzene rings is 1. The Kier molecular flexibility index (Phi) is 4.92. The molecule has 6 nitrogen and oxygen atoms in total. The molecule has 0 saturated carbocycles. The number of H-pyrrole nitrogens is 1. The first-order valence-corrected chi connectivity index (χ1v) is 9.82. The van der Waals surface area contributed by atoms with Crippen LogP contribution < -0.4 is 10.5 Å². The lowest BCUT2D eigenvalue weighted by atomic mass is 10.00. The Morgan fingerprint density at radius 1 is 1.22 bits per heavy atom. The molecule has 1 aromatic carbocycles. The predicted octanol–water partition coefficient (Wildman–Crippen LogP) is 4.38. The van der Waals surface area contributed by atoms with Gasteiger partial charge < -0.3 is 4.90 Å². The standard InChI is InChI=1S/C18H17Cl2N5OS/c1-10-4-6-24(7-5-10)18-22-15-14(16(26)23-18)17(27)25(9-21-15)11-2-3-12(19)13(20)8-11/h2-3,8-10H,4-7H2,1H3,(H,22,23,26). The van der Waals surface area contributed by atoms with Crippen molar-refractivity contribution in [3.8, 4) is 5.69 Å². The van der Waals surface area contributed by atoms with Crippen LogP contribution in [-0.2, 0) is 0 Å². The summed E-state index contributed by atoms with van der Waals surface area (Å²) >= 11 is 17.6. The summed E-state index contributed by atoms with van der Waals surface area (Å²) in [5.41, 5.74) is 0.728. The molecule has 1 aliphatic rings. The fraction of sp³-hybridized carbons (Fsp3) is 0.333. The topological polar surface area (TPSA) is 66.8 Å². The van der Waals surface area contributed by atoms with E-state index in [4.69, 9.17) is 35.4 Å². The normalized spacial score (nSPS) is 15.4. The third-order valence-electron chi connectivity index (χ3n) is 4.88. The smallest absolute Gasteiger partial charge is 0.264 e. The van der Waals surface area contributed by atoms with Gasteiger partial charge in [0.25, 0.3) is 5.56 Å². The maximum atomic E-state index is 12.7. The molecule has 1 N–H and O–H groups in total. The lowest BCUT2D eigenvalue weighted by Crippen LogP contribution is -2.35. The minimum absolute atomic E-state index is 0.285. The number of fused-ring (bicyclic) bond motifs is 1. The van der Waals surface area contributed by atoms with Crippen molar-refractivity contribution in [3.05, 3.63) is 49.6 Å². The van der Waals surface area contributed by atoms with Crippen LogP contribution in [0.5, 0.6) is 0 Å². The van der Waals surface area contributed by atoms with E-state index in [0.717, 1.165) is 25.9 Å². The molecule has 3 heterocycles. The number of aromatic amines is 1. The third kappa shape index (κ3) is 3.47. The maximum absolute atomic E-state index is 12.7. The SMILES string of the molecule is CC1CCN(c2nc3ncn(-c4ccc(Cl)c(Cl)c4)c(=S)c3c(=O)[nH]2)CC1. The lowest BCUT2D eigenvalue weighted by molar-refractivity contribution is 0.434. The number of nitrogens with zero attached hydrogens (tertiary/aromatic N) is 4. The fourth-order valence-electron chi connectivity index (χ4n) is 3.21. The van der Waals surface area contributed by atoms with E-state index in [1.807, 2.05) is 0 Å². The van der Waals surface area contributed by atoms with Crippen molar-refractivity contribution in [2.75, 3.05) is 18.0 Å². The molecule has 0 spiro atoms. The second-order valence-electron chi connectivity index (χ2n) is 6.78. The second kappa shape index (κ2) is 7.22. The van der Waals surface area contributed by atoms with E-state index in [2.05, 4.69) is 26.8 Å². The molecule has 3 aromatic rings. The molecule has 0 amide bonds.